The van der Waals surface area contributed by atoms with Crippen LogP contribution in [-0.4, -0.2) is 18.2 Å². The zero-order chi connectivity index (χ0) is 16.9. The second kappa shape index (κ2) is 7.44. The molecule has 0 saturated heterocycles. The van der Waals surface area contributed by atoms with Gasteiger partial charge in [0, 0.05) is 29.9 Å². The van der Waals surface area contributed by atoms with Crippen LogP contribution in [0, 0.1) is 5.41 Å². The molecule has 2 heteroatoms. The summed E-state index contributed by atoms with van der Waals surface area (Å²) in [7, 11) is 2.11. The Bertz CT molecular complexity index is 571. The van der Waals surface area contributed by atoms with Gasteiger partial charge in [-0.25, -0.2) is 0 Å². The van der Waals surface area contributed by atoms with E-state index in [0.717, 1.165) is 18.3 Å². The summed E-state index contributed by atoms with van der Waals surface area (Å²) in [5, 5.41) is 0. The highest BCUT2D eigenvalue weighted by Gasteiger charge is 2.22. The Kier molecular flexibility index (Phi) is 6.16. The molecule has 0 aliphatic heterocycles. The first-order valence-corrected chi connectivity index (χ1v) is 7.87. The van der Waals surface area contributed by atoms with Crippen LogP contribution in [0.25, 0.3) is 5.57 Å². The molecule has 1 aromatic rings. The van der Waals surface area contributed by atoms with Crippen molar-refractivity contribution in [1.82, 2.24) is 4.90 Å². The normalized spacial score (nSPS) is 13.7. The number of hydrogen-bond acceptors (Lipinski definition) is 2. The van der Waals surface area contributed by atoms with Gasteiger partial charge in [-0.15, -0.1) is 0 Å². The van der Waals surface area contributed by atoms with Gasteiger partial charge < -0.3 is 4.90 Å². The minimum absolute atomic E-state index is 0.104. The standard InChI is InChI=1S/C20H29NO/c1-8-15(2)19(20(4,5)6)21(7)13-16(3)18-11-9-17(14-22)10-12-18/h9-14H,8H2,1-7H3/b16-13+,19-15?. The fraction of sp³-hybridized carbons (Fsp3) is 0.450. The molecule has 0 amide bonds. The van der Waals surface area contributed by atoms with Crippen molar-refractivity contribution >= 4 is 11.9 Å². The molecule has 1 aromatic carbocycles. The summed E-state index contributed by atoms with van der Waals surface area (Å²) in [6, 6.07) is 7.71. The van der Waals surface area contributed by atoms with Crippen LogP contribution < -0.4 is 0 Å². The highest BCUT2D eigenvalue weighted by molar-refractivity contribution is 5.76. The van der Waals surface area contributed by atoms with Crippen LogP contribution in [0.15, 0.2) is 41.7 Å². The number of hydrogen-bond donors (Lipinski definition) is 0. The van der Waals surface area contributed by atoms with E-state index >= 15 is 0 Å². The maximum absolute atomic E-state index is 10.7. The SMILES string of the molecule is CCC(C)=C(N(C)/C=C(\C)c1ccc(C=O)cc1)C(C)(C)C. The van der Waals surface area contributed by atoms with Crippen molar-refractivity contribution < 1.29 is 4.79 Å². The number of allylic oxidation sites excluding steroid dienone is 3. The summed E-state index contributed by atoms with van der Waals surface area (Å²) >= 11 is 0. The van der Waals surface area contributed by atoms with E-state index in [-0.39, 0.29) is 5.41 Å². The molecule has 1 rings (SSSR count). The largest absolute Gasteiger partial charge is 0.354 e. The van der Waals surface area contributed by atoms with Gasteiger partial charge in [0.1, 0.15) is 6.29 Å². The van der Waals surface area contributed by atoms with Crippen LogP contribution in [-0.2, 0) is 0 Å². The summed E-state index contributed by atoms with van der Waals surface area (Å²) in [4.78, 5) is 13.0. The van der Waals surface area contributed by atoms with Crippen molar-refractivity contribution in [3.8, 4) is 0 Å². The molecule has 2 nitrogen and oxygen atoms in total. The minimum atomic E-state index is 0.104. The molecule has 0 radical (unpaired) electrons. The Morgan fingerprint density at radius 1 is 1.14 bits per heavy atom. The highest BCUT2D eigenvalue weighted by Crippen LogP contribution is 2.32. The lowest BCUT2D eigenvalue weighted by Gasteiger charge is -2.33. The Morgan fingerprint density at radius 3 is 2.09 bits per heavy atom. The Balaban J connectivity index is 3.14. The third-order valence-corrected chi connectivity index (χ3v) is 3.89. The van der Waals surface area contributed by atoms with Gasteiger partial charge in [0.15, 0.2) is 0 Å². The van der Waals surface area contributed by atoms with E-state index in [9.17, 15) is 4.79 Å². The smallest absolute Gasteiger partial charge is 0.150 e. The van der Waals surface area contributed by atoms with Crippen LogP contribution in [0.3, 0.4) is 0 Å². The van der Waals surface area contributed by atoms with Crippen LogP contribution >= 0.6 is 0 Å². The molecule has 0 heterocycles. The molecule has 0 unspecified atom stereocenters. The first-order valence-electron chi connectivity index (χ1n) is 7.87. The number of aldehydes is 1. The fourth-order valence-electron chi connectivity index (χ4n) is 2.89. The van der Waals surface area contributed by atoms with Gasteiger partial charge >= 0.3 is 0 Å². The lowest BCUT2D eigenvalue weighted by molar-refractivity contribution is 0.112. The summed E-state index contributed by atoms with van der Waals surface area (Å²) in [5.41, 5.74) is 5.91. The van der Waals surface area contributed by atoms with Gasteiger partial charge in [0.05, 0.1) is 0 Å². The Hall–Kier alpha value is -1.83. The second-order valence-electron chi connectivity index (χ2n) is 6.90. The molecule has 0 aliphatic rings. The third-order valence-electron chi connectivity index (χ3n) is 3.89. The summed E-state index contributed by atoms with van der Waals surface area (Å²) in [5.74, 6) is 0. The van der Waals surface area contributed by atoms with Crippen molar-refractivity contribution in [3.63, 3.8) is 0 Å². The molecule has 0 N–H and O–H groups in total. The molecule has 0 fully saturated rings. The summed E-state index contributed by atoms with van der Waals surface area (Å²) in [6.07, 6.45) is 4.10. The molecule has 0 bridgehead atoms. The summed E-state index contributed by atoms with van der Waals surface area (Å²) < 4.78 is 0. The average Bonchev–Trinajstić information content (AvgIpc) is 2.45. The molecular weight excluding hydrogens is 270 g/mol. The van der Waals surface area contributed by atoms with E-state index in [1.165, 1.54) is 16.8 Å². The minimum Gasteiger partial charge on any atom is -0.354 e. The van der Waals surface area contributed by atoms with Gasteiger partial charge in [0.25, 0.3) is 0 Å². The fourth-order valence-corrected chi connectivity index (χ4v) is 2.89. The van der Waals surface area contributed by atoms with E-state index < -0.39 is 0 Å². The van der Waals surface area contributed by atoms with Crippen LogP contribution in [0.1, 0.15) is 63.9 Å². The first kappa shape index (κ1) is 18.2. The zero-order valence-electron chi connectivity index (χ0n) is 15.0. The van der Waals surface area contributed by atoms with Gasteiger partial charge in [0.2, 0.25) is 0 Å². The predicted octanol–water partition coefficient (Wildman–Crippen LogP) is 5.52. The Labute approximate surface area is 135 Å². The van der Waals surface area contributed by atoms with Crippen molar-refractivity contribution in [2.75, 3.05) is 7.05 Å². The van der Waals surface area contributed by atoms with Crippen molar-refractivity contribution in [2.24, 2.45) is 5.41 Å². The maximum atomic E-state index is 10.7. The van der Waals surface area contributed by atoms with Crippen LogP contribution in [0.2, 0.25) is 0 Å². The number of carbonyl (C=O) groups excluding carboxylic acids is 1. The lowest BCUT2D eigenvalue weighted by atomic mass is 9.87. The molecule has 22 heavy (non-hydrogen) atoms. The van der Waals surface area contributed by atoms with Gasteiger partial charge in [-0.3, -0.25) is 4.79 Å². The quantitative estimate of drug-likeness (QED) is 0.667. The highest BCUT2D eigenvalue weighted by atomic mass is 16.1. The monoisotopic (exact) mass is 299 g/mol. The number of nitrogens with zero attached hydrogens (tertiary/aromatic N) is 1. The Morgan fingerprint density at radius 2 is 1.68 bits per heavy atom. The van der Waals surface area contributed by atoms with Crippen molar-refractivity contribution in [1.29, 1.82) is 0 Å². The van der Waals surface area contributed by atoms with Gasteiger partial charge in [-0.05, 0) is 31.4 Å². The van der Waals surface area contributed by atoms with Gasteiger partial charge in [-0.2, -0.15) is 0 Å². The topological polar surface area (TPSA) is 20.3 Å². The second-order valence-corrected chi connectivity index (χ2v) is 6.90. The summed E-state index contributed by atoms with van der Waals surface area (Å²) in [6.45, 7) is 13.3. The molecule has 0 atom stereocenters. The van der Waals surface area contributed by atoms with E-state index in [2.05, 4.69) is 59.7 Å². The van der Waals surface area contributed by atoms with Crippen LogP contribution in [0.4, 0.5) is 0 Å². The van der Waals surface area contributed by atoms with Crippen molar-refractivity contribution in [3.05, 3.63) is 52.9 Å². The first-order chi connectivity index (χ1) is 10.2. The van der Waals surface area contributed by atoms with E-state index in [4.69, 9.17) is 0 Å². The lowest BCUT2D eigenvalue weighted by Crippen LogP contribution is -2.24. The molecular formula is C20H29NO. The molecule has 0 spiro atoms. The molecule has 0 saturated carbocycles. The zero-order valence-corrected chi connectivity index (χ0v) is 15.0. The van der Waals surface area contributed by atoms with Gasteiger partial charge in [-0.1, -0.05) is 57.5 Å². The molecule has 0 aliphatic carbocycles. The predicted molar refractivity (Wildman–Crippen MR) is 95.7 cm³/mol. The maximum Gasteiger partial charge on any atom is 0.150 e. The molecule has 0 aromatic heterocycles. The average molecular weight is 299 g/mol. The third kappa shape index (κ3) is 4.59. The van der Waals surface area contributed by atoms with E-state index in [1.807, 2.05) is 24.3 Å². The van der Waals surface area contributed by atoms with Crippen molar-refractivity contribution in [2.45, 2.75) is 48.0 Å². The number of benzene rings is 1. The van der Waals surface area contributed by atoms with Crippen LogP contribution in [0.5, 0.6) is 0 Å². The number of rotatable bonds is 5. The molecule has 120 valence electrons. The number of carbonyl (C=O) groups is 1. The van der Waals surface area contributed by atoms with E-state index in [1.54, 1.807) is 0 Å². The van der Waals surface area contributed by atoms with E-state index in [0.29, 0.717) is 5.56 Å².